The number of piperazine rings is 1. The molecule has 224 valence electrons. The van der Waals surface area contributed by atoms with E-state index in [4.69, 9.17) is 9.47 Å². The fourth-order valence-corrected chi connectivity index (χ4v) is 6.47. The molecule has 0 bridgehead atoms. The molecule has 6 rings (SSSR count). The molecule has 2 aliphatic heterocycles. The highest BCUT2D eigenvalue weighted by molar-refractivity contribution is 7.91. The molecule has 0 aliphatic carbocycles. The second-order valence-corrected chi connectivity index (χ2v) is 12.5. The lowest BCUT2D eigenvalue weighted by molar-refractivity contribution is -0.0633. The number of fused-ring (bicyclic) bond motifs is 1. The molecule has 4 aromatic rings. The number of nitrogens with zero attached hydrogens (tertiary/aromatic N) is 3. The molecule has 2 amide bonds. The number of sulfone groups is 1. The maximum atomic E-state index is 13.6. The molecule has 12 nitrogen and oxygen atoms in total. The third kappa shape index (κ3) is 6.19. The monoisotopic (exact) mass is 604 g/mol. The van der Waals surface area contributed by atoms with Gasteiger partial charge in [0, 0.05) is 43.7 Å². The number of nitrogens with one attached hydrogen (secondary N) is 3. The molecule has 43 heavy (non-hydrogen) atoms. The van der Waals surface area contributed by atoms with E-state index in [1.807, 2.05) is 6.07 Å². The summed E-state index contributed by atoms with van der Waals surface area (Å²) in [5.74, 6) is -0.386. The van der Waals surface area contributed by atoms with Crippen LogP contribution in [-0.4, -0.2) is 81.6 Å². The Labute approximate surface area is 248 Å². The van der Waals surface area contributed by atoms with Crippen LogP contribution in [0.3, 0.4) is 0 Å². The smallest absolute Gasteiger partial charge is 0.413 e. The number of aromatic nitrogens is 2. The Bertz CT molecular complexity index is 1750. The Hall–Kier alpha value is -4.46. The van der Waals surface area contributed by atoms with Gasteiger partial charge in [0.05, 0.1) is 33.2 Å². The molecular formula is C30H32N6O6S. The van der Waals surface area contributed by atoms with E-state index in [0.717, 1.165) is 38.3 Å². The highest BCUT2D eigenvalue weighted by Crippen LogP contribution is 2.30. The summed E-state index contributed by atoms with van der Waals surface area (Å²) in [6.45, 7) is 3.90. The van der Waals surface area contributed by atoms with Gasteiger partial charge in [-0.3, -0.25) is 15.2 Å². The Balaban J connectivity index is 1.28. The average Bonchev–Trinajstić information content (AvgIpc) is 3.67. The number of hydrogen-bond acceptors (Lipinski definition) is 9. The van der Waals surface area contributed by atoms with Crippen molar-refractivity contribution in [2.24, 2.45) is 0 Å². The van der Waals surface area contributed by atoms with E-state index >= 15 is 0 Å². The van der Waals surface area contributed by atoms with Crippen LogP contribution in [0, 0.1) is 0 Å². The number of benzene rings is 3. The minimum Gasteiger partial charge on any atom is -0.419 e. The van der Waals surface area contributed by atoms with Crippen molar-refractivity contribution >= 4 is 49.9 Å². The van der Waals surface area contributed by atoms with Crippen LogP contribution in [0.1, 0.15) is 23.2 Å². The lowest BCUT2D eigenvalue weighted by Gasteiger charge is -2.34. The van der Waals surface area contributed by atoms with Crippen LogP contribution in [0.15, 0.2) is 76.5 Å². The predicted molar refractivity (Wildman–Crippen MR) is 161 cm³/mol. The van der Waals surface area contributed by atoms with Crippen LogP contribution in [0.25, 0.3) is 10.9 Å². The summed E-state index contributed by atoms with van der Waals surface area (Å²) in [5.41, 5.74) is 1.86. The largest absolute Gasteiger partial charge is 0.419 e. The Morgan fingerprint density at radius 1 is 0.977 bits per heavy atom. The minimum atomic E-state index is -3.79. The fourth-order valence-electron chi connectivity index (χ4n) is 5.16. The second kappa shape index (κ2) is 12.0. The lowest BCUT2D eigenvalue weighted by atomic mass is 10.1. The number of likely N-dealkylation sites (N-methyl/N-ethyl adjacent to an activating group) is 1. The molecule has 2 saturated heterocycles. The number of carbonyl (C=O) groups excluding carboxylic acids is 2. The molecular weight excluding hydrogens is 572 g/mol. The van der Waals surface area contributed by atoms with Crippen LogP contribution in [0.4, 0.5) is 22.0 Å². The SMILES string of the molecule is CN1CCN(c2ccc(C(=O)Nc3n[nH]c4ccc(S(=O)(=O)c5ccccc5)cc34)c(NC(=O)O[C@H]3CCCO3)c2)CC1. The number of anilines is 3. The molecule has 3 N–H and O–H groups in total. The van der Waals surface area contributed by atoms with Gasteiger partial charge in [0.25, 0.3) is 5.91 Å². The van der Waals surface area contributed by atoms with Gasteiger partial charge in [-0.2, -0.15) is 5.10 Å². The van der Waals surface area contributed by atoms with Crippen molar-refractivity contribution in [1.29, 1.82) is 0 Å². The van der Waals surface area contributed by atoms with Crippen molar-refractivity contribution in [1.82, 2.24) is 15.1 Å². The number of hydrogen-bond donors (Lipinski definition) is 3. The third-order valence-corrected chi connectivity index (χ3v) is 9.38. The Morgan fingerprint density at radius 2 is 1.77 bits per heavy atom. The first-order valence-corrected chi connectivity index (χ1v) is 15.5. The molecule has 0 radical (unpaired) electrons. The first-order chi connectivity index (χ1) is 20.8. The van der Waals surface area contributed by atoms with E-state index in [1.54, 1.807) is 36.4 Å². The van der Waals surface area contributed by atoms with Crippen molar-refractivity contribution in [2.45, 2.75) is 28.9 Å². The summed E-state index contributed by atoms with van der Waals surface area (Å²) in [6, 6.07) is 17.9. The first kappa shape index (κ1) is 28.6. The fraction of sp³-hybridized carbons (Fsp3) is 0.300. The highest BCUT2D eigenvalue weighted by Gasteiger charge is 2.24. The number of carbonyl (C=O) groups is 2. The molecule has 2 fully saturated rings. The van der Waals surface area contributed by atoms with Crippen LogP contribution >= 0.6 is 0 Å². The third-order valence-electron chi connectivity index (χ3n) is 7.61. The van der Waals surface area contributed by atoms with E-state index in [0.29, 0.717) is 23.9 Å². The summed E-state index contributed by atoms with van der Waals surface area (Å²) in [5, 5.41) is 13.0. The van der Waals surface area contributed by atoms with Gasteiger partial charge >= 0.3 is 6.09 Å². The van der Waals surface area contributed by atoms with Crippen molar-refractivity contribution in [3.05, 3.63) is 72.3 Å². The van der Waals surface area contributed by atoms with Crippen LogP contribution < -0.4 is 15.5 Å². The van der Waals surface area contributed by atoms with E-state index < -0.39 is 28.1 Å². The number of rotatable bonds is 7. The molecule has 0 saturated carbocycles. The topological polar surface area (TPSA) is 146 Å². The average molecular weight is 605 g/mol. The van der Waals surface area contributed by atoms with E-state index in [9.17, 15) is 18.0 Å². The zero-order chi connectivity index (χ0) is 30.0. The van der Waals surface area contributed by atoms with Crippen LogP contribution in [0.5, 0.6) is 0 Å². The van der Waals surface area contributed by atoms with Gasteiger partial charge in [-0.05, 0) is 62.0 Å². The van der Waals surface area contributed by atoms with Gasteiger partial charge in [-0.25, -0.2) is 13.2 Å². The van der Waals surface area contributed by atoms with Gasteiger partial charge in [-0.1, -0.05) is 18.2 Å². The zero-order valence-corrected chi connectivity index (χ0v) is 24.4. The second-order valence-electron chi connectivity index (χ2n) is 10.5. The number of H-pyrrole nitrogens is 1. The number of amides is 2. The van der Waals surface area contributed by atoms with Gasteiger partial charge in [-0.15, -0.1) is 0 Å². The van der Waals surface area contributed by atoms with Gasteiger partial charge in [0.1, 0.15) is 0 Å². The van der Waals surface area contributed by atoms with Crippen molar-refractivity contribution in [3.63, 3.8) is 0 Å². The maximum Gasteiger partial charge on any atom is 0.413 e. The summed E-state index contributed by atoms with van der Waals surface area (Å²) >= 11 is 0. The maximum absolute atomic E-state index is 13.6. The van der Waals surface area contributed by atoms with E-state index in [-0.39, 0.29) is 26.9 Å². The molecule has 13 heteroatoms. The van der Waals surface area contributed by atoms with Gasteiger partial charge in [0.2, 0.25) is 16.1 Å². The van der Waals surface area contributed by atoms with Crippen molar-refractivity contribution in [3.8, 4) is 0 Å². The molecule has 0 spiro atoms. The summed E-state index contributed by atoms with van der Waals surface area (Å²) < 4.78 is 37.2. The molecule has 3 aromatic carbocycles. The normalized spacial score (nSPS) is 17.6. The zero-order valence-electron chi connectivity index (χ0n) is 23.6. The van der Waals surface area contributed by atoms with Gasteiger partial charge in [0.15, 0.2) is 5.82 Å². The summed E-state index contributed by atoms with van der Waals surface area (Å²) in [4.78, 5) is 31.0. The number of ether oxygens (including phenoxy) is 2. The van der Waals surface area contributed by atoms with Gasteiger partial charge < -0.3 is 24.6 Å². The van der Waals surface area contributed by atoms with E-state index in [2.05, 4.69) is 37.7 Å². The predicted octanol–water partition coefficient (Wildman–Crippen LogP) is 4.08. The summed E-state index contributed by atoms with van der Waals surface area (Å²) in [7, 11) is -1.72. The number of aromatic amines is 1. The van der Waals surface area contributed by atoms with Crippen LogP contribution in [-0.2, 0) is 19.3 Å². The highest BCUT2D eigenvalue weighted by atomic mass is 32.2. The molecule has 2 aliphatic rings. The summed E-state index contributed by atoms with van der Waals surface area (Å²) in [6.07, 6.45) is 0.0552. The van der Waals surface area contributed by atoms with E-state index in [1.165, 1.54) is 24.3 Å². The molecule has 0 unspecified atom stereocenters. The first-order valence-electron chi connectivity index (χ1n) is 14.0. The van der Waals surface area contributed by atoms with Crippen molar-refractivity contribution in [2.75, 3.05) is 55.4 Å². The van der Waals surface area contributed by atoms with Crippen molar-refractivity contribution < 1.29 is 27.5 Å². The molecule has 3 heterocycles. The van der Waals surface area contributed by atoms with Crippen LogP contribution in [0.2, 0.25) is 0 Å². The Kier molecular flexibility index (Phi) is 8.02. The lowest BCUT2D eigenvalue weighted by Crippen LogP contribution is -2.44. The molecule has 1 atom stereocenters. The Morgan fingerprint density at radius 3 is 2.51 bits per heavy atom. The minimum absolute atomic E-state index is 0.0684. The quantitative estimate of drug-likeness (QED) is 0.284. The standard InChI is InChI=1S/C30H32N6O6S/c1-35-13-15-36(16-14-35)20-9-11-23(26(18-20)31-30(38)42-27-8-5-17-41-27)29(37)32-28-24-19-22(10-12-25(24)33-34-28)43(39,40)21-6-3-2-4-7-21/h2-4,6-7,9-12,18-19,27H,5,8,13-17H2,1H3,(H,31,38)(H2,32,33,34,37)/t27-/m0/s1. The molecule has 1 aromatic heterocycles.